The average Bonchev–Trinajstić information content (AvgIpc) is 2.55. The van der Waals surface area contributed by atoms with Crippen LogP contribution in [-0.2, 0) is 16.6 Å². The minimum atomic E-state index is -3.62. The summed E-state index contributed by atoms with van der Waals surface area (Å²) in [6.45, 7) is 3.99. The summed E-state index contributed by atoms with van der Waals surface area (Å²) < 4.78 is 26.7. The molecule has 0 radical (unpaired) electrons. The van der Waals surface area contributed by atoms with E-state index in [1.165, 1.54) is 10.4 Å². The van der Waals surface area contributed by atoms with E-state index in [-0.39, 0.29) is 18.0 Å². The SMILES string of the molecule is C=CCN(Cc1ccc(C(N)=O)cc1)S(=O)(=O)c1ccccc1. The number of benzene rings is 2. The Balaban J connectivity index is 2.28. The van der Waals surface area contributed by atoms with Crippen LogP contribution in [0.4, 0.5) is 0 Å². The number of rotatable bonds is 7. The van der Waals surface area contributed by atoms with Gasteiger partial charge in [0.1, 0.15) is 0 Å². The van der Waals surface area contributed by atoms with Gasteiger partial charge in [-0.3, -0.25) is 4.79 Å². The molecule has 2 rings (SSSR count). The van der Waals surface area contributed by atoms with Gasteiger partial charge < -0.3 is 5.73 Å². The molecule has 0 spiro atoms. The van der Waals surface area contributed by atoms with Gasteiger partial charge in [0.25, 0.3) is 0 Å². The second-order valence-corrected chi connectivity index (χ2v) is 6.90. The first kappa shape index (κ1) is 16.9. The number of hydrogen-bond acceptors (Lipinski definition) is 3. The lowest BCUT2D eigenvalue weighted by Gasteiger charge is -2.21. The Kier molecular flexibility index (Phi) is 5.31. The first-order valence-electron chi connectivity index (χ1n) is 7.00. The predicted molar refractivity (Wildman–Crippen MR) is 89.2 cm³/mol. The van der Waals surface area contributed by atoms with Crippen LogP contribution in [0.1, 0.15) is 15.9 Å². The Bertz CT molecular complexity index is 784. The fourth-order valence-electron chi connectivity index (χ4n) is 2.11. The van der Waals surface area contributed by atoms with Crippen LogP contribution in [0.25, 0.3) is 0 Å². The van der Waals surface area contributed by atoms with Crippen LogP contribution in [0.15, 0.2) is 72.1 Å². The van der Waals surface area contributed by atoms with Crippen molar-refractivity contribution in [1.82, 2.24) is 4.31 Å². The number of nitrogens with zero attached hydrogens (tertiary/aromatic N) is 1. The topological polar surface area (TPSA) is 80.5 Å². The number of nitrogens with two attached hydrogens (primary N) is 1. The van der Waals surface area contributed by atoms with Gasteiger partial charge in [-0.2, -0.15) is 4.31 Å². The number of primary amides is 1. The summed E-state index contributed by atoms with van der Waals surface area (Å²) in [5, 5.41) is 0. The Labute approximate surface area is 136 Å². The van der Waals surface area contributed by atoms with E-state index in [9.17, 15) is 13.2 Å². The number of sulfonamides is 1. The molecule has 0 fully saturated rings. The summed E-state index contributed by atoms with van der Waals surface area (Å²) >= 11 is 0. The molecule has 0 saturated carbocycles. The average molecular weight is 330 g/mol. The van der Waals surface area contributed by atoms with Gasteiger partial charge in [-0.1, -0.05) is 36.4 Å². The van der Waals surface area contributed by atoms with Crippen molar-refractivity contribution in [3.05, 3.63) is 78.4 Å². The second kappa shape index (κ2) is 7.21. The van der Waals surface area contributed by atoms with Crippen molar-refractivity contribution >= 4 is 15.9 Å². The lowest BCUT2D eigenvalue weighted by atomic mass is 10.1. The van der Waals surface area contributed by atoms with E-state index in [0.29, 0.717) is 5.56 Å². The molecular formula is C17H18N2O3S. The zero-order valence-corrected chi connectivity index (χ0v) is 13.4. The maximum Gasteiger partial charge on any atom is 0.248 e. The number of amides is 1. The smallest absolute Gasteiger partial charge is 0.248 e. The van der Waals surface area contributed by atoms with Gasteiger partial charge in [0.15, 0.2) is 0 Å². The van der Waals surface area contributed by atoms with Crippen LogP contribution in [0.2, 0.25) is 0 Å². The second-order valence-electron chi connectivity index (χ2n) is 4.96. The minimum Gasteiger partial charge on any atom is -0.366 e. The van der Waals surface area contributed by atoms with Gasteiger partial charge in [0.2, 0.25) is 15.9 Å². The molecule has 0 unspecified atom stereocenters. The van der Waals surface area contributed by atoms with Crippen molar-refractivity contribution in [3.63, 3.8) is 0 Å². The third-order valence-corrected chi connectivity index (χ3v) is 5.14. The fraction of sp³-hybridized carbons (Fsp3) is 0.118. The van der Waals surface area contributed by atoms with E-state index in [0.717, 1.165) is 5.56 Å². The van der Waals surface area contributed by atoms with Crippen molar-refractivity contribution in [2.75, 3.05) is 6.54 Å². The lowest BCUT2D eigenvalue weighted by molar-refractivity contribution is 0.1000. The molecule has 0 aliphatic rings. The molecule has 2 aromatic rings. The largest absolute Gasteiger partial charge is 0.366 e. The van der Waals surface area contributed by atoms with Gasteiger partial charge in [0, 0.05) is 18.7 Å². The van der Waals surface area contributed by atoms with Crippen molar-refractivity contribution in [2.24, 2.45) is 5.73 Å². The Hall–Kier alpha value is -2.44. The molecule has 0 aromatic heterocycles. The number of hydrogen-bond donors (Lipinski definition) is 1. The third-order valence-electron chi connectivity index (χ3n) is 3.31. The van der Waals surface area contributed by atoms with Gasteiger partial charge in [-0.15, -0.1) is 6.58 Å². The summed E-state index contributed by atoms with van der Waals surface area (Å²) in [5.41, 5.74) is 6.34. The zero-order valence-electron chi connectivity index (χ0n) is 12.6. The molecule has 5 nitrogen and oxygen atoms in total. The Morgan fingerprint density at radius 3 is 2.22 bits per heavy atom. The minimum absolute atomic E-state index is 0.183. The first-order chi connectivity index (χ1) is 10.9. The highest BCUT2D eigenvalue weighted by molar-refractivity contribution is 7.89. The normalized spacial score (nSPS) is 11.3. The van der Waals surface area contributed by atoms with E-state index in [4.69, 9.17) is 5.73 Å². The van der Waals surface area contributed by atoms with E-state index in [2.05, 4.69) is 6.58 Å². The van der Waals surface area contributed by atoms with Gasteiger partial charge >= 0.3 is 0 Å². The molecule has 0 heterocycles. The van der Waals surface area contributed by atoms with Gasteiger partial charge in [-0.25, -0.2) is 8.42 Å². The van der Waals surface area contributed by atoms with E-state index < -0.39 is 15.9 Å². The number of carbonyl (C=O) groups is 1. The molecule has 0 atom stereocenters. The molecule has 6 heteroatoms. The van der Waals surface area contributed by atoms with Crippen LogP contribution >= 0.6 is 0 Å². The van der Waals surface area contributed by atoms with Gasteiger partial charge in [-0.05, 0) is 29.8 Å². The standard InChI is InChI=1S/C17H18N2O3S/c1-2-12-19(23(21,22)16-6-4-3-5-7-16)13-14-8-10-15(11-9-14)17(18)20/h2-11H,1,12-13H2,(H2,18,20). The van der Waals surface area contributed by atoms with E-state index in [1.54, 1.807) is 54.6 Å². The Morgan fingerprint density at radius 2 is 1.70 bits per heavy atom. The maximum absolute atomic E-state index is 12.7. The lowest BCUT2D eigenvalue weighted by Crippen LogP contribution is -2.30. The molecule has 0 aliphatic heterocycles. The first-order valence-corrected chi connectivity index (χ1v) is 8.44. The highest BCUT2D eigenvalue weighted by atomic mass is 32.2. The summed E-state index contributed by atoms with van der Waals surface area (Å²) in [5.74, 6) is -0.517. The Morgan fingerprint density at radius 1 is 1.09 bits per heavy atom. The van der Waals surface area contributed by atoms with Gasteiger partial charge in [0.05, 0.1) is 4.90 Å². The number of carbonyl (C=O) groups excluding carboxylic acids is 1. The quantitative estimate of drug-likeness (QED) is 0.790. The molecular weight excluding hydrogens is 312 g/mol. The molecule has 1 amide bonds. The summed E-state index contributed by atoms with van der Waals surface area (Å²) in [6.07, 6.45) is 1.54. The summed E-state index contributed by atoms with van der Waals surface area (Å²) in [7, 11) is -3.62. The third kappa shape index (κ3) is 4.06. The monoisotopic (exact) mass is 330 g/mol. The molecule has 0 aliphatic carbocycles. The van der Waals surface area contributed by atoms with Crippen LogP contribution in [0.3, 0.4) is 0 Å². The van der Waals surface area contributed by atoms with Crippen LogP contribution in [0.5, 0.6) is 0 Å². The summed E-state index contributed by atoms with van der Waals surface area (Å²) in [6, 6.07) is 14.8. The predicted octanol–water partition coefficient (Wildman–Crippen LogP) is 2.16. The van der Waals surface area contributed by atoms with Crippen molar-refractivity contribution in [2.45, 2.75) is 11.4 Å². The summed E-state index contributed by atoms with van der Waals surface area (Å²) in [4.78, 5) is 11.3. The highest BCUT2D eigenvalue weighted by Gasteiger charge is 2.23. The highest BCUT2D eigenvalue weighted by Crippen LogP contribution is 2.18. The molecule has 2 aromatic carbocycles. The molecule has 23 heavy (non-hydrogen) atoms. The van der Waals surface area contributed by atoms with E-state index in [1.807, 2.05) is 0 Å². The molecule has 0 saturated heterocycles. The van der Waals surface area contributed by atoms with Crippen LogP contribution in [0, 0.1) is 0 Å². The van der Waals surface area contributed by atoms with Crippen molar-refractivity contribution in [3.8, 4) is 0 Å². The van der Waals surface area contributed by atoms with Crippen LogP contribution < -0.4 is 5.73 Å². The van der Waals surface area contributed by atoms with Crippen molar-refractivity contribution in [1.29, 1.82) is 0 Å². The maximum atomic E-state index is 12.7. The molecule has 2 N–H and O–H groups in total. The van der Waals surface area contributed by atoms with Crippen molar-refractivity contribution < 1.29 is 13.2 Å². The molecule has 0 bridgehead atoms. The van der Waals surface area contributed by atoms with Crippen LogP contribution in [-0.4, -0.2) is 25.2 Å². The fourth-order valence-corrected chi connectivity index (χ4v) is 3.53. The molecule has 120 valence electrons. The van der Waals surface area contributed by atoms with E-state index >= 15 is 0 Å². The zero-order chi connectivity index (χ0) is 16.9.